The van der Waals surface area contributed by atoms with Crippen LogP contribution in [0.25, 0.3) is 0 Å². The van der Waals surface area contributed by atoms with Gasteiger partial charge in [-0.3, -0.25) is 9.59 Å². The summed E-state index contributed by atoms with van der Waals surface area (Å²) in [7, 11) is 0. The van der Waals surface area contributed by atoms with Crippen molar-refractivity contribution in [2.24, 2.45) is 5.92 Å². The van der Waals surface area contributed by atoms with E-state index in [0.29, 0.717) is 36.5 Å². The van der Waals surface area contributed by atoms with Gasteiger partial charge in [0.25, 0.3) is 5.91 Å². The van der Waals surface area contributed by atoms with Crippen molar-refractivity contribution in [2.75, 3.05) is 13.1 Å². The summed E-state index contributed by atoms with van der Waals surface area (Å²) in [5.74, 6) is 0.0218. The molecule has 1 aliphatic rings. The van der Waals surface area contributed by atoms with Gasteiger partial charge in [0.15, 0.2) is 0 Å². The van der Waals surface area contributed by atoms with Gasteiger partial charge in [0.2, 0.25) is 5.91 Å². The van der Waals surface area contributed by atoms with E-state index in [9.17, 15) is 9.59 Å². The first-order chi connectivity index (χ1) is 12.5. The van der Waals surface area contributed by atoms with E-state index in [1.54, 1.807) is 24.3 Å². The Kier molecular flexibility index (Phi) is 5.94. The molecule has 2 aromatic rings. The van der Waals surface area contributed by atoms with Crippen LogP contribution < -0.4 is 5.32 Å². The Morgan fingerprint density at radius 3 is 2.27 bits per heavy atom. The van der Waals surface area contributed by atoms with Crippen molar-refractivity contribution < 1.29 is 9.59 Å². The SMILES string of the molecule is C[C@@H](NC(=O)C1CCN(C(=O)c2ccc(Cl)cc2)CC1)c1ccccc1. The number of halogens is 1. The molecular formula is C21H23ClN2O2. The van der Waals surface area contributed by atoms with E-state index in [4.69, 9.17) is 11.6 Å². The molecule has 1 heterocycles. The van der Waals surface area contributed by atoms with Crippen LogP contribution in [0.1, 0.15) is 41.7 Å². The molecule has 1 N–H and O–H groups in total. The summed E-state index contributed by atoms with van der Waals surface area (Å²) in [6, 6.07) is 16.8. The number of rotatable bonds is 4. The third kappa shape index (κ3) is 4.44. The fourth-order valence-electron chi connectivity index (χ4n) is 3.28. The van der Waals surface area contributed by atoms with Crippen molar-refractivity contribution in [1.82, 2.24) is 10.2 Å². The maximum Gasteiger partial charge on any atom is 0.253 e. The van der Waals surface area contributed by atoms with Gasteiger partial charge in [-0.1, -0.05) is 41.9 Å². The Balaban J connectivity index is 1.52. The molecule has 0 spiro atoms. The molecule has 0 saturated carbocycles. The molecule has 2 amide bonds. The number of piperidine rings is 1. The molecule has 1 saturated heterocycles. The summed E-state index contributed by atoms with van der Waals surface area (Å²) in [4.78, 5) is 26.9. The van der Waals surface area contributed by atoms with Gasteiger partial charge >= 0.3 is 0 Å². The van der Waals surface area contributed by atoms with Crippen LogP contribution in [0, 0.1) is 5.92 Å². The fourth-order valence-corrected chi connectivity index (χ4v) is 3.40. The van der Waals surface area contributed by atoms with Gasteiger partial charge in [0.1, 0.15) is 0 Å². The third-order valence-electron chi connectivity index (χ3n) is 4.90. The number of amides is 2. The second-order valence-corrected chi connectivity index (χ2v) is 7.15. The maximum atomic E-state index is 12.5. The molecule has 0 radical (unpaired) electrons. The van der Waals surface area contributed by atoms with E-state index < -0.39 is 0 Å². The Morgan fingerprint density at radius 2 is 1.65 bits per heavy atom. The zero-order chi connectivity index (χ0) is 18.5. The fraction of sp³-hybridized carbons (Fsp3) is 0.333. The van der Waals surface area contributed by atoms with Crippen molar-refractivity contribution >= 4 is 23.4 Å². The first-order valence-corrected chi connectivity index (χ1v) is 9.32. The molecule has 26 heavy (non-hydrogen) atoms. The molecule has 5 heteroatoms. The molecule has 4 nitrogen and oxygen atoms in total. The molecule has 2 aromatic carbocycles. The molecule has 0 unspecified atom stereocenters. The van der Waals surface area contributed by atoms with Crippen molar-refractivity contribution in [2.45, 2.75) is 25.8 Å². The number of benzene rings is 2. The van der Waals surface area contributed by atoms with Crippen LogP contribution in [-0.4, -0.2) is 29.8 Å². The number of carbonyl (C=O) groups excluding carboxylic acids is 2. The average Bonchev–Trinajstić information content (AvgIpc) is 2.69. The Labute approximate surface area is 159 Å². The zero-order valence-electron chi connectivity index (χ0n) is 14.8. The van der Waals surface area contributed by atoms with Crippen molar-refractivity contribution in [3.8, 4) is 0 Å². The van der Waals surface area contributed by atoms with Crippen molar-refractivity contribution in [1.29, 1.82) is 0 Å². The van der Waals surface area contributed by atoms with Gasteiger partial charge in [0.05, 0.1) is 6.04 Å². The quantitative estimate of drug-likeness (QED) is 0.881. The first-order valence-electron chi connectivity index (χ1n) is 8.95. The van der Waals surface area contributed by atoms with E-state index >= 15 is 0 Å². The standard InChI is InChI=1S/C21H23ClN2O2/c1-15(16-5-3-2-4-6-16)23-20(25)17-11-13-24(14-12-17)21(26)18-7-9-19(22)10-8-18/h2-10,15,17H,11-14H2,1H3,(H,23,25)/t15-/m1/s1. The first kappa shape index (κ1) is 18.5. The zero-order valence-corrected chi connectivity index (χ0v) is 15.6. The highest BCUT2D eigenvalue weighted by molar-refractivity contribution is 6.30. The van der Waals surface area contributed by atoms with E-state index in [-0.39, 0.29) is 23.8 Å². The van der Waals surface area contributed by atoms with E-state index in [1.807, 2.05) is 42.2 Å². The minimum absolute atomic E-state index is 0.00169. The maximum absolute atomic E-state index is 12.5. The average molecular weight is 371 g/mol. The second-order valence-electron chi connectivity index (χ2n) is 6.71. The van der Waals surface area contributed by atoms with Crippen molar-refractivity contribution in [3.63, 3.8) is 0 Å². The van der Waals surface area contributed by atoms with Crippen LogP contribution >= 0.6 is 11.6 Å². The van der Waals surface area contributed by atoms with Gasteiger partial charge in [-0.05, 0) is 49.6 Å². The molecule has 1 aliphatic heterocycles. The monoisotopic (exact) mass is 370 g/mol. The number of hydrogen-bond donors (Lipinski definition) is 1. The Morgan fingerprint density at radius 1 is 1.04 bits per heavy atom. The van der Waals surface area contributed by atoms with Gasteiger partial charge in [-0.2, -0.15) is 0 Å². The number of nitrogens with zero attached hydrogens (tertiary/aromatic N) is 1. The predicted molar refractivity (Wildman–Crippen MR) is 103 cm³/mol. The molecule has 0 bridgehead atoms. The van der Waals surface area contributed by atoms with Gasteiger partial charge < -0.3 is 10.2 Å². The summed E-state index contributed by atoms with van der Waals surface area (Å²) in [6.45, 7) is 3.19. The second kappa shape index (κ2) is 8.37. The number of carbonyl (C=O) groups is 2. The largest absolute Gasteiger partial charge is 0.349 e. The molecule has 1 atom stereocenters. The molecule has 0 aliphatic carbocycles. The lowest BCUT2D eigenvalue weighted by atomic mass is 9.94. The molecule has 3 rings (SSSR count). The third-order valence-corrected chi connectivity index (χ3v) is 5.15. The number of hydrogen-bond acceptors (Lipinski definition) is 2. The summed E-state index contributed by atoms with van der Waals surface area (Å²) in [5.41, 5.74) is 1.73. The van der Waals surface area contributed by atoms with Gasteiger partial charge in [-0.25, -0.2) is 0 Å². The van der Waals surface area contributed by atoms with E-state index in [0.717, 1.165) is 5.56 Å². The topological polar surface area (TPSA) is 49.4 Å². The van der Waals surface area contributed by atoms with Crippen LogP contribution in [0.5, 0.6) is 0 Å². The minimum Gasteiger partial charge on any atom is -0.349 e. The lowest BCUT2D eigenvalue weighted by molar-refractivity contribution is -0.126. The van der Waals surface area contributed by atoms with Crippen LogP contribution in [0.4, 0.5) is 0 Å². The van der Waals surface area contributed by atoms with Crippen LogP contribution in [0.2, 0.25) is 5.02 Å². The smallest absolute Gasteiger partial charge is 0.253 e. The molecule has 136 valence electrons. The summed E-state index contributed by atoms with van der Waals surface area (Å²) >= 11 is 5.87. The van der Waals surface area contributed by atoms with E-state index in [1.165, 1.54) is 0 Å². The highest BCUT2D eigenvalue weighted by Gasteiger charge is 2.28. The summed E-state index contributed by atoms with van der Waals surface area (Å²) in [5, 5.41) is 3.71. The highest BCUT2D eigenvalue weighted by atomic mass is 35.5. The number of nitrogens with one attached hydrogen (secondary N) is 1. The van der Waals surface area contributed by atoms with Crippen LogP contribution in [-0.2, 0) is 4.79 Å². The Bertz CT molecular complexity index is 753. The summed E-state index contributed by atoms with van der Waals surface area (Å²) in [6.07, 6.45) is 1.37. The van der Waals surface area contributed by atoms with E-state index in [2.05, 4.69) is 5.32 Å². The summed E-state index contributed by atoms with van der Waals surface area (Å²) < 4.78 is 0. The highest BCUT2D eigenvalue weighted by Crippen LogP contribution is 2.21. The molecule has 1 fully saturated rings. The predicted octanol–water partition coefficient (Wildman–Crippen LogP) is 4.07. The van der Waals surface area contributed by atoms with Gasteiger partial charge in [-0.15, -0.1) is 0 Å². The van der Waals surface area contributed by atoms with Crippen LogP contribution in [0.15, 0.2) is 54.6 Å². The lowest BCUT2D eigenvalue weighted by Gasteiger charge is -2.32. The Hall–Kier alpha value is -2.33. The normalized spacial score (nSPS) is 16.2. The molecule has 0 aromatic heterocycles. The minimum atomic E-state index is -0.0459. The van der Waals surface area contributed by atoms with Crippen LogP contribution in [0.3, 0.4) is 0 Å². The van der Waals surface area contributed by atoms with Gasteiger partial charge in [0, 0.05) is 29.6 Å². The lowest BCUT2D eigenvalue weighted by Crippen LogP contribution is -2.43. The number of likely N-dealkylation sites (tertiary alicyclic amines) is 1. The van der Waals surface area contributed by atoms with Crippen molar-refractivity contribution in [3.05, 3.63) is 70.7 Å². The molecular weight excluding hydrogens is 348 g/mol.